The Kier molecular flexibility index (Phi) is 6.86. The number of sulfonamides is 1. The summed E-state index contributed by atoms with van der Waals surface area (Å²) in [6.45, 7) is 2.39. The van der Waals surface area contributed by atoms with Crippen LogP contribution in [0.5, 0.6) is 0 Å². The molecule has 5 fully saturated rings. The number of piperidine rings is 1. The molecule has 0 spiro atoms. The van der Waals surface area contributed by atoms with Crippen LogP contribution in [0.3, 0.4) is 0 Å². The van der Waals surface area contributed by atoms with Gasteiger partial charge in [0.15, 0.2) is 0 Å². The van der Waals surface area contributed by atoms with Crippen LogP contribution in [0.2, 0.25) is 5.02 Å². The Morgan fingerprint density at radius 3 is 2.28 bits per heavy atom. The highest BCUT2D eigenvalue weighted by Crippen LogP contribution is 2.52. The van der Waals surface area contributed by atoms with Crippen LogP contribution in [0.15, 0.2) is 29.2 Å². The van der Waals surface area contributed by atoms with Gasteiger partial charge in [-0.2, -0.15) is 4.31 Å². The molecule has 2 bridgehead atoms. The summed E-state index contributed by atoms with van der Waals surface area (Å²) in [6, 6.07) is 7.38. The lowest BCUT2D eigenvalue weighted by Crippen LogP contribution is -2.56. The van der Waals surface area contributed by atoms with Crippen LogP contribution in [0.4, 0.5) is 0 Å². The second-order valence-electron chi connectivity index (χ2n) is 11.7. The molecule has 6 rings (SSSR count). The number of carbonyl (C=O) groups excluding carboxylic acids is 1. The SMILES string of the molecule is O=C(CC1CC1[C@H]1CCC[C@@H](C2CC2)N1S(=O)(=O)c1ccc(Cl)cc1)N1CC2CCC(C1)N2CCO. The van der Waals surface area contributed by atoms with Crippen molar-refractivity contribution in [2.24, 2.45) is 17.8 Å². The van der Waals surface area contributed by atoms with E-state index in [-0.39, 0.29) is 36.4 Å². The molecule has 6 atom stereocenters. The van der Waals surface area contributed by atoms with Crippen LogP contribution in [0, 0.1) is 17.8 Å². The van der Waals surface area contributed by atoms with Crippen molar-refractivity contribution in [3.8, 4) is 0 Å². The molecule has 2 saturated carbocycles. The first-order chi connectivity index (χ1) is 17.4. The summed E-state index contributed by atoms with van der Waals surface area (Å²) >= 11 is 6.04. The average molecular weight is 536 g/mol. The highest BCUT2D eigenvalue weighted by atomic mass is 35.5. The van der Waals surface area contributed by atoms with Crippen molar-refractivity contribution in [2.45, 2.75) is 86.9 Å². The van der Waals surface area contributed by atoms with Crippen molar-refractivity contribution >= 4 is 27.5 Å². The minimum atomic E-state index is -3.62. The van der Waals surface area contributed by atoms with Gasteiger partial charge >= 0.3 is 0 Å². The maximum absolute atomic E-state index is 13.9. The summed E-state index contributed by atoms with van der Waals surface area (Å²) in [6.07, 6.45) is 8.78. The Morgan fingerprint density at radius 1 is 0.972 bits per heavy atom. The lowest BCUT2D eigenvalue weighted by molar-refractivity contribution is -0.135. The van der Waals surface area contributed by atoms with Crippen LogP contribution >= 0.6 is 11.6 Å². The normalized spacial score (nSPS) is 35.2. The molecule has 2 aliphatic carbocycles. The maximum atomic E-state index is 13.9. The van der Waals surface area contributed by atoms with Crippen molar-refractivity contribution < 1.29 is 18.3 Å². The molecule has 9 heteroatoms. The fourth-order valence-electron chi connectivity index (χ4n) is 7.45. The molecule has 1 aromatic rings. The quantitative estimate of drug-likeness (QED) is 0.552. The molecule has 1 amide bonds. The number of hydrogen-bond donors (Lipinski definition) is 1. The van der Waals surface area contributed by atoms with E-state index >= 15 is 0 Å². The minimum absolute atomic E-state index is 0.0135. The molecule has 1 aromatic carbocycles. The van der Waals surface area contributed by atoms with Gasteiger partial charge in [0.25, 0.3) is 0 Å². The number of likely N-dealkylation sites (tertiary alicyclic amines) is 1. The first-order valence-electron chi connectivity index (χ1n) is 13.8. The van der Waals surface area contributed by atoms with Gasteiger partial charge in [0.05, 0.1) is 11.5 Å². The molecule has 0 aromatic heterocycles. The van der Waals surface area contributed by atoms with E-state index in [1.165, 1.54) is 0 Å². The van der Waals surface area contributed by atoms with Gasteiger partial charge in [0.2, 0.25) is 15.9 Å². The monoisotopic (exact) mass is 535 g/mol. The van der Waals surface area contributed by atoms with Crippen LogP contribution in [-0.4, -0.2) is 83.9 Å². The second kappa shape index (κ2) is 9.84. The molecule has 1 N–H and O–H groups in total. The molecule has 36 heavy (non-hydrogen) atoms. The number of halogens is 1. The molecule has 7 nitrogen and oxygen atoms in total. The number of piperazine rings is 1. The fraction of sp³-hybridized carbons (Fsp3) is 0.741. The number of rotatable bonds is 8. The van der Waals surface area contributed by atoms with Gasteiger partial charge in [-0.05, 0) is 87.0 Å². The Bertz CT molecular complexity index is 1060. The molecule has 0 radical (unpaired) electrons. The van der Waals surface area contributed by atoms with Gasteiger partial charge in [0.1, 0.15) is 0 Å². The zero-order chi connectivity index (χ0) is 25.0. The number of carbonyl (C=O) groups is 1. The lowest BCUT2D eigenvalue weighted by Gasteiger charge is -2.42. The van der Waals surface area contributed by atoms with E-state index in [1.807, 2.05) is 9.21 Å². The third-order valence-electron chi connectivity index (χ3n) is 9.46. The lowest BCUT2D eigenvalue weighted by atomic mass is 9.92. The molecule has 198 valence electrons. The van der Waals surface area contributed by atoms with E-state index in [2.05, 4.69) is 4.90 Å². The molecule has 3 saturated heterocycles. The first-order valence-corrected chi connectivity index (χ1v) is 15.6. The number of nitrogens with zero attached hydrogens (tertiary/aromatic N) is 3. The summed E-state index contributed by atoms with van der Waals surface area (Å²) in [7, 11) is -3.62. The van der Waals surface area contributed by atoms with Gasteiger partial charge < -0.3 is 10.0 Å². The third-order valence-corrected chi connectivity index (χ3v) is 11.7. The molecule has 3 heterocycles. The topological polar surface area (TPSA) is 81.2 Å². The zero-order valence-corrected chi connectivity index (χ0v) is 22.4. The van der Waals surface area contributed by atoms with Gasteiger partial charge in [0, 0.05) is 55.2 Å². The fourth-order valence-corrected chi connectivity index (χ4v) is 9.56. The van der Waals surface area contributed by atoms with Crippen molar-refractivity contribution in [1.82, 2.24) is 14.1 Å². The van der Waals surface area contributed by atoms with Crippen LogP contribution in [-0.2, 0) is 14.8 Å². The zero-order valence-electron chi connectivity index (χ0n) is 20.8. The molecular formula is C27H38ClN3O4S. The first kappa shape index (κ1) is 25.1. The molecule has 5 aliphatic rings. The minimum Gasteiger partial charge on any atom is -0.395 e. The summed E-state index contributed by atoms with van der Waals surface area (Å²) in [5, 5.41) is 9.92. The number of amides is 1. The maximum Gasteiger partial charge on any atom is 0.243 e. The van der Waals surface area contributed by atoms with Crippen molar-refractivity contribution in [3.05, 3.63) is 29.3 Å². The highest BCUT2D eigenvalue weighted by Gasteiger charge is 2.54. The molecular weight excluding hydrogens is 498 g/mol. The smallest absolute Gasteiger partial charge is 0.243 e. The third kappa shape index (κ3) is 4.73. The predicted octanol–water partition coefficient (Wildman–Crippen LogP) is 3.36. The molecule has 4 unspecified atom stereocenters. The Hall–Kier alpha value is -1.19. The number of aliphatic hydroxyl groups is 1. The second-order valence-corrected chi connectivity index (χ2v) is 14.0. The van der Waals surface area contributed by atoms with E-state index in [9.17, 15) is 18.3 Å². The Morgan fingerprint density at radius 2 is 1.64 bits per heavy atom. The average Bonchev–Trinajstić information content (AvgIpc) is 3.78. The van der Waals surface area contributed by atoms with Crippen molar-refractivity contribution in [2.75, 3.05) is 26.2 Å². The molecule has 3 aliphatic heterocycles. The van der Waals surface area contributed by atoms with Crippen LogP contribution in [0.1, 0.15) is 57.8 Å². The van der Waals surface area contributed by atoms with E-state index in [1.54, 1.807) is 24.3 Å². The Balaban J connectivity index is 1.15. The van der Waals surface area contributed by atoms with Gasteiger partial charge in [-0.15, -0.1) is 0 Å². The van der Waals surface area contributed by atoms with Crippen LogP contribution < -0.4 is 0 Å². The number of aliphatic hydroxyl groups excluding tert-OH is 1. The summed E-state index contributed by atoms with van der Waals surface area (Å²) in [5.41, 5.74) is 0. The van der Waals surface area contributed by atoms with E-state index in [0.717, 1.165) is 64.5 Å². The standard InChI is InChI=1S/C27H38ClN3O4S/c28-20-6-10-23(11-7-20)36(34,35)31-25(18-4-5-18)2-1-3-26(31)24-14-19(24)15-27(33)29-16-21-8-9-22(17-29)30(21)12-13-32/h6-7,10-11,18-19,21-22,24-26,32H,1-5,8-9,12-17H2/t19?,21?,22?,24?,25-,26+/m0/s1. The van der Waals surface area contributed by atoms with Gasteiger partial charge in [-0.25, -0.2) is 8.42 Å². The van der Waals surface area contributed by atoms with Crippen molar-refractivity contribution in [3.63, 3.8) is 0 Å². The number of hydrogen-bond acceptors (Lipinski definition) is 5. The highest BCUT2D eigenvalue weighted by molar-refractivity contribution is 7.89. The summed E-state index contributed by atoms with van der Waals surface area (Å²) < 4.78 is 29.7. The summed E-state index contributed by atoms with van der Waals surface area (Å²) in [4.78, 5) is 18.0. The largest absolute Gasteiger partial charge is 0.395 e. The summed E-state index contributed by atoms with van der Waals surface area (Å²) in [5.74, 6) is 1.24. The van der Waals surface area contributed by atoms with Crippen molar-refractivity contribution in [1.29, 1.82) is 0 Å². The number of fused-ring (bicyclic) bond motifs is 2. The van der Waals surface area contributed by atoms with Gasteiger partial charge in [-0.3, -0.25) is 9.69 Å². The number of benzene rings is 1. The van der Waals surface area contributed by atoms with Gasteiger partial charge in [-0.1, -0.05) is 18.0 Å². The van der Waals surface area contributed by atoms with E-state index in [4.69, 9.17) is 11.6 Å². The van der Waals surface area contributed by atoms with E-state index < -0.39 is 10.0 Å². The predicted molar refractivity (Wildman–Crippen MR) is 138 cm³/mol. The Labute approximate surface area is 219 Å². The van der Waals surface area contributed by atoms with Crippen LogP contribution in [0.25, 0.3) is 0 Å². The van der Waals surface area contributed by atoms with E-state index in [0.29, 0.717) is 40.9 Å².